The average molecular weight is 391 g/mol. The summed E-state index contributed by atoms with van der Waals surface area (Å²) in [6.45, 7) is 1.99. The first-order chi connectivity index (χ1) is 14.1. The second-order valence-electron chi connectivity index (χ2n) is 7.42. The SMILES string of the molecule is COc1ccc(C(=O)NC2CCN(CC(=O)c3c[nH]c4ccccc34)CC2)cc1. The average Bonchev–Trinajstić information content (AvgIpc) is 3.19. The Morgan fingerprint density at radius 1 is 1.10 bits per heavy atom. The highest BCUT2D eigenvalue weighted by Crippen LogP contribution is 2.20. The molecule has 0 unspecified atom stereocenters. The fourth-order valence-electron chi connectivity index (χ4n) is 3.84. The molecule has 2 heterocycles. The number of methoxy groups -OCH3 is 1. The highest BCUT2D eigenvalue weighted by molar-refractivity contribution is 6.08. The van der Waals surface area contributed by atoms with Crippen LogP contribution in [0.5, 0.6) is 5.75 Å². The number of nitrogens with one attached hydrogen (secondary N) is 2. The van der Waals surface area contributed by atoms with Crippen LogP contribution in [0.2, 0.25) is 0 Å². The van der Waals surface area contributed by atoms with Gasteiger partial charge in [0.1, 0.15) is 5.75 Å². The van der Waals surface area contributed by atoms with E-state index in [9.17, 15) is 9.59 Å². The molecule has 0 saturated carbocycles. The van der Waals surface area contributed by atoms with Crippen LogP contribution in [-0.2, 0) is 0 Å². The number of hydrogen-bond donors (Lipinski definition) is 2. The molecular weight excluding hydrogens is 366 g/mol. The van der Waals surface area contributed by atoms with E-state index in [1.54, 1.807) is 37.6 Å². The molecule has 0 radical (unpaired) electrons. The largest absolute Gasteiger partial charge is 0.497 e. The second-order valence-corrected chi connectivity index (χ2v) is 7.42. The number of hydrogen-bond acceptors (Lipinski definition) is 4. The van der Waals surface area contributed by atoms with Gasteiger partial charge in [-0.25, -0.2) is 0 Å². The smallest absolute Gasteiger partial charge is 0.251 e. The Labute approximate surface area is 169 Å². The van der Waals surface area contributed by atoms with E-state index in [1.807, 2.05) is 24.3 Å². The van der Waals surface area contributed by atoms with Gasteiger partial charge in [-0.15, -0.1) is 0 Å². The van der Waals surface area contributed by atoms with Gasteiger partial charge in [-0.2, -0.15) is 0 Å². The zero-order valence-electron chi connectivity index (χ0n) is 16.5. The lowest BCUT2D eigenvalue weighted by Crippen LogP contribution is -2.45. The number of ether oxygens (including phenoxy) is 1. The van der Waals surface area contributed by atoms with Crippen LogP contribution in [0.4, 0.5) is 0 Å². The van der Waals surface area contributed by atoms with Gasteiger partial charge in [0.15, 0.2) is 5.78 Å². The van der Waals surface area contributed by atoms with Gasteiger partial charge in [0.25, 0.3) is 5.91 Å². The number of amides is 1. The molecular formula is C23H25N3O3. The highest BCUT2D eigenvalue weighted by atomic mass is 16.5. The zero-order chi connectivity index (χ0) is 20.2. The van der Waals surface area contributed by atoms with Crippen molar-refractivity contribution in [3.05, 3.63) is 65.9 Å². The first kappa shape index (κ1) is 19.2. The molecule has 0 spiro atoms. The summed E-state index contributed by atoms with van der Waals surface area (Å²) >= 11 is 0. The van der Waals surface area contributed by atoms with Crippen molar-refractivity contribution in [2.24, 2.45) is 0 Å². The van der Waals surface area contributed by atoms with E-state index >= 15 is 0 Å². The Kier molecular flexibility index (Phi) is 5.62. The lowest BCUT2D eigenvalue weighted by Gasteiger charge is -2.31. The molecule has 1 aliphatic heterocycles. The van der Waals surface area contributed by atoms with Crippen molar-refractivity contribution in [3.63, 3.8) is 0 Å². The lowest BCUT2D eigenvalue weighted by atomic mass is 10.0. The summed E-state index contributed by atoms with van der Waals surface area (Å²) in [6.07, 6.45) is 3.47. The van der Waals surface area contributed by atoms with Crippen molar-refractivity contribution >= 4 is 22.6 Å². The predicted molar refractivity (Wildman–Crippen MR) is 113 cm³/mol. The van der Waals surface area contributed by atoms with Gasteiger partial charge in [0.05, 0.1) is 13.7 Å². The Bertz CT molecular complexity index is 1000. The Hall–Kier alpha value is -3.12. The second kappa shape index (κ2) is 8.49. The first-order valence-corrected chi connectivity index (χ1v) is 9.90. The minimum Gasteiger partial charge on any atom is -0.497 e. The van der Waals surface area contributed by atoms with Crippen LogP contribution in [0, 0.1) is 0 Å². The molecule has 0 bridgehead atoms. The number of rotatable bonds is 6. The molecule has 6 nitrogen and oxygen atoms in total. The van der Waals surface area contributed by atoms with E-state index in [-0.39, 0.29) is 17.7 Å². The summed E-state index contributed by atoms with van der Waals surface area (Å²) in [5.41, 5.74) is 2.36. The van der Waals surface area contributed by atoms with Gasteiger partial charge in [-0.05, 0) is 43.2 Å². The third-order valence-electron chi connectivity index (χ3n) is 5.53. The molecule has 3 aromatic rings. The molecule has 1 amide bonds. The van der Waals surface area contributed by atoms with Gasteiger partial charge in [-0.3, -0.25) is 14.5 Å². The van der Waals surface area contributed by atoms with Crippen LogP contribution in [-0.4, -0.2) is 54.4 Å². The quantitative estimate of drug-likeness (QED) is 0.633. The molecule has 6 heteroatoms. The van der Waals surface area contributed by atoms with Crippen LogP contribution in [0.1, 0.15) is 33.6 Å². The monoisotopic (exact) mass is 391 g/mol. The summed E-state index contributed by atoms with van der Waals surface area (Å²) in [5, 5.41) is 4.07. The highest BCUT2D eigenvalue weighted by Gasteiger charge is 2.23. The summed E-state index contributed by atoms with van der Waals surface area (Å²) in [4.78, 5) is 30.5. The first-order valence-electron chi connectivity index (χ1n) is 9.90. The van der Waals surface area contributed by atoms with E-state index in [0.717, 1.165) is 48.1 Å². The van der Waals surface area contributed by atoms with Crippen LogP contribution in [0.3, 0.4) is 0 Å². The Morgan fingerprint density at radius 2 is 1.83 bits per heavy atom. The van der Waals surface area contributed by atoms with Crippen molar-refractivity contribution in [1.82, 2.24) is 15.2 Å². The minimum atomic E-state index is -0.0685. The lowest BCUT2D eigenvalue weighted by molar-refractivity contribution is 0.0860. The molecule has 2 aromatic carbocycles. The topological polar surface area (TPSA) is 74.4 Å². The number of likely N-dealkylation sites (tertiary alicyclic amines) is 1. The van der Waals surface area contributed by atoms with Crippen LogP contribution < -0.4 is 10.1 Å². The molecule has 1 fully saturated rings. The van der Waals surface area contributed by atoms with Crippen molar-refractivity contribution < 1.29 is 14.3 Å². The fraction of sp³-hybridized carbons (Fsp3) is 0.304. The number of carbonyl (C=O) groups excluding carboxylic acids is 2. The van der Waals surface area contributed by atoms with E-state index in [0.29, 0.717) is 12.1 Å². The van der Waals surface area contributed by atoms with Gasteiger partial charge >= 0.3 is 0 Å². The maximum atomic E-state index is 12.7. The van der Waals surface area contributed by atoms with Crippen molar-refractivity contribution in [2.45, 2.75) is 18.9 Å². The van der Waals surface area contributed by atoms with Crippen LogP contribution in [0.25, 0.3) is 10.9 Å². The number of aromatic nitrogens is 1. The molecule has 1 aliphatic rings. The van der Waals surface area contributed by atoms with Crippen molar-refractivity contribution in [3.8, 4) is 5.75 Å². The van der Waals surface area contributed by atoms with Crippen molar-refractivity contribution in [1.29, 1.82) is 0 Å². The molecule has 0 aliphatic carbocycles. The summed E-state index contributed by atoms with van der Waals surface area (Å²) in [6, 6.07) is 15.1. The number of H-pyrrole nitrogens is 1. The Balaban J connectivity index is 1.29. The third-order valence-corrected chi connectivity index (χ3v) is 5.53. The van der Waals surface area contributed by atoms with E-state index < -0.39 is 0 Å². The summed E-state index contributed by atoms with van der Waals surface area (Å²) in [5.74, 6) is 0.791. The third kappa shape index (κ3) is 4.32. The van der Waals surface area contributed by atoms with E-state index in [4.69, 9.17) is 4.74 Å². The number of Topliss-reactive ketones (excluding diaryl/α,β-unsaturated/α-hetero) is 1. The summed E-state index contributed by atoms with van der Waals surface area (Å²) in [7, 11) is 1.60. The van der Waals surface area contributed by atoms with Crippen LogP contribution >= 0.6 is 0 Å². The van der Waals surface area contributed by atoms with Crippen LogP contribution in [0.15, 0.2) is 54.7 Å². The van der Waals surface area contributed by atoms with Gasteiger partial charge < -0.3 is 15.0 Å². The number of aromatic amines is 1. The number of fused-ring (bicyclic) bond motifs is 1. The van der Waals surface area contributed by atoms with Gasteiger partial charge in [0.2, 0.25) is 0 Å². The number of piperidine rings is 1. The molecule has 2 N–H and O–H groups in total. The molecule has 1 saturated heterocycles. The molecule has 4 rings (SSSR count). The van der Waals surface area contributed by atoms with Gasteiger partial charge in [0, 0.05) is 47.4 Å². The van der Waals surface area contributed by atoms with E-state index in [2.05, 4.69) is 15.2 Å². The number of para-hydroxylation sites is 1. The fourth-order valence-corrected chi connectivity index (χ4v) is 3.84. The normalized spacial score (nSPS) is 15.3. The number of ketones is 1. The van der Waals surface area contributed by atoms with Gasteiger partial charge in [-0.1, -0.05) is 18.2 Å². The number of carbonyl (C=O) groups is 2. The standard InChI is InChI=1S/C23H25N3O3/c1-29-18-8-6-16(7-9-18)23(28)25-17-10-12-26(13-11-17)15-22(27)20-14-24-21-5-3-2-4-19(20)21/h2-9,14,17,24H,10-13,15H2,1H3,(H,25,28). The molecule has 1 aromatic heterocycles. The molecule has 0 atom stereocenters. The maximum Gasteiger partial charge on any atom is 0.251 e. The summed E-state index contributed by atoms with van der Waals surface area (Å²) < 4.78 is 5.13. The minimum absolute atomic E-state index is 0.0685. The maximum absolute atomic E-state index is 12.7. The zero-order valence-corrected chi connectivity index (χ0v) is 16.5. The van der Waals surface area contributed by atoms with E-state index in [1.165, 1.54) is 0 Å². The number of nitrogens with zero attached hydrogens (tertiary/aromatic N) is 1. The Morgan fingerprint density at radius 3 is 2.55 bits per heavy atom. The molecule has 29 heavy (non-hydrogen) atoms. The van der Waals surface area contributed by atoms with Crippen molar-refractivity contribution in [2.75, 3.05) is 26.7 Å². The number of benzene rings is 2. The predicted octanol–water partition coefficient (Wildman–Crippen LogP) is 3.25. The molecule has 150 valence electrons.